The van der Waals surface area contributed by atoms with E-state index in [4.69, 9.17) is 9.05 Å². The van der Waals surface area contributed by atoms with Crippen LogP contribution in [0.3, 0.4) is 0 Å². The molecular formula is C27H25O4P. The molecule has 0 atom stereocenters. The minimum atomic E-state index is -4.17. The standard InChI is InChI=1S/C27H25O4P/c28-27(22-12-2-1-3-13-22)32(29,30-25-18-8-14-20-10-4-6-16-23(20)25)31-26-19-9-15-21-11-5-7-17-24(21)26/h4-11,14-19,22H,1-3,12-13H2. The van der Waals surface area contributed by atoms with Gasteiger partial charge in [0.25, 0.3) is 5.52 Å². The van der Waals surface area contributed by atoms with Crippen LogP contribution in [0.1, 0.15) is 32.1 Å². The SMILES string of the molecule is O=C(C1CCCCC1)P(=O)(Oc1cccc2ccccc12)Oc1cccc2ccccc12. The van der Waals surface area contributed by atoms with Gasteiger partial charge < -0.3 is 9.05 Å². The Bertz CT molecular complexity index is 1230. The molecule has 4 aromatic rings. The molecule has 0 heterocycles. The van der Waals surface area contributed by atoms with E-state index in [0.717, 1.165) is 53.6 Å². The highest BCUT2D eigenvalue weighted by molar-refractivity contribution is 7.72. The number of hydrogen-bond acceptors (Lipinski definition) is 4. The summed E-state index contributed by atoms with van der Waals surface area (Å²) >= 11 is 0. The molecule has 1 fully saturated rings. The highest BCUT2D eigenvalue weighted by Crippen LogP contribution is 2.54. The summed E-state index contributed by atoms with van der Waals surface area (Å²) in [5.41, 5.74) is -0.418. The Morgan fingerprint density at radius 2 is 1.12 bits per heavy atom. The molecule has 0 radical (unpaired) electrons. The van der Waals surface area contributed by atoms with Crippen molar-refractivity contribution in [1.29, 1.82) is 0 Å². The number of rotatable bonds is 6. The minimum absolute atomic E-state index is 0.306. The molecule has 0 saturated heterocycles. The number of carbonyl (C=O) groups excluding carboxylic acids is 1. The van der Waals surface area contributed by atoms with Crippen LogP contribution in [0.2, 0.25) is 0 Å². The van der Waals surface area contributed by atoms with Gasteiger partial charge in [0.2, 0.25) is 0 Å². The third kappa shape index (κ3) is 4.03. The summed E-state index contributed by atoms with van der Waals surface area (Å²) in [5.74, 6) is 0.492. The zero-order valence-corrected chi connectivity index (χ0v) is 18.7. The maximum absolute atomic E-state index is 14.2. The molecule has 1 aliphatic carbocycles. The summed E-state index contributed by atoms with van der Waals surface area (Å²) in [5, 5.41) is 3.50. The quantitative estimate of drug-likeness (QED) is 0.285. The van der Waals surface area contributed by atoms with Crippen molar-refractivity contribution in [2.45, 2.75) is 32.1 Å². The van der Waals surface area contributed by atoms with Crippen LogP contribution in [0.25, 0.3) is 21.5 Å². The highest BCUT2D eigenvalue weighted by Gasteiger charge is 2.43. The van der Waals surface area contributed by atoms with E-state index in [2.05, 4.69) is 0 Å². The van der Waals surface area contributed by atoms with E-state index >= 15 is 0 Å². The van der Waals surface area contributed by atoms with Crippen molar-refractivity contribution in [2.24, 2.45) is 5.92 Å². The van der Waals surface area contributed by atoms with Crippen LogP contribution in [-0.2, 0) is 9.36 Å². The molecule has 5 heteroatoms. The van der Waals surface area contributed by atoms with Crippen molar-refractivity contribution < 1.29 is 18.4 Å². The van der Waals surface area contributed by atoms with E-state index in [1.165, 1.54) is 0 Å². The summed E-state index contributed by atoms with van der Waals surface area (Å²) in [6.45, 7) is 0. The second kappa shape index (κ2) is 8.80. The predicted molar refractivity (Wildman–Crippen MR) is 128 cm³/mol. The van der Waals surface area contributed by atoms with Gasteiger partial charge in [-0.05, 0) is 35.7 Å². The molecule has 0 aliphatic heterocycles. The largest absolute Gasteiger partial charge is 0.498 e. The van der Waals surface area contributed by atoms with Crippen LogP contribution < -0.4 is 9.05 Å². The molecule has 0 unspecified atom stereocenters. The Balaban J connectivity index is 1.58. The second-order valence-corrected chi connectivity index (χ2v) is 10.1. The van der Waals surface area contributed by atoms with Crippen LogP contribution >= 0.6 is 7.60 Å². The van der Waals surface area contributed by atoms with Gasteiger partial charge in [0.15, 0.2) is 0 Å². The molecule has 1 aliphatic rings. The van der Waals surface area contributed by atoms with E-state index in [-0.39, 0.29) is 5.92 Å². The molecule has 0 spiro atoms. The first-order valence-corrected chi connectivity index (χ1v) is 12.7. The van der Waals surface area contributed by atoms with Gasteiger partial charge in [-0.15, -0.1) is 0 Å². The molecule has 0 bridgehead atoms. The smallest absolute Gasteiger partial charge is 0.410 e. The first kappa shape index (κ1) is 20.8. The molecule has 32 heavy (non-hydrogen) atoms. The van der Waals surface area contributed by atoms with Crippen molar-refractivity contribution in [1.82, 2.24) is 0 Å². The fourth-order valence-electron chi connectivity index (χ4n) is 4.49. The fourth-order valence-corrected chi connectivity index (χ4v) is 6.25. The van der Waals surface area contributed by atoms with Gasteiger partial charge in [-0.25, -0.2) is 4.57 Å². The Kier molecular flexibility index (Phi) is 5.71. The molecule has 162 valence electrons. The maximum Gasteiger partial charge on any atom is 0.498 e. The molecular weight excluding hydrogens is 419 g/mol. The minimum Gasteiger partial charge on any atom is -0.410 e. The molecule has 0 aromatic heterocycles. The van der Waals surface area contributed by atoms with Gasteiger partial charge in [0, 0.05) is 16.7 Å². The average molecular weight is 444 g/mol. The van der Waals surface area contributed by atoms with Crippen molar-refractivity contribution in [3.05, 3.63) is 84.9 Å². The zero-order valence-electron chi connectivity index (χ0n) is 17.8. The summed E-state index contributed by atoms with van der Waals surface area (Å²) in [6, 6.07) is 26.5. The lowest BCUT2D eigenvalue weighted by Gasteiger charge is -2.26. The van der Waals surface area contributed by atoms with Crippen LogP contribution in [0, 0.1) is 5.92 Å². The van der Waals surface area contributed by atoms with Crippen LogP contribution in [-0.4, -0.2) is 5.52 Å². The Labute approximate surface area is 187 Å². The third-order valence-corrected chi connectivity index (χ3v) is 7.94. The van der Waals surface area contributed by atoms with Crippen molar-refractivity contribution in [2.75, 3.05) is 0 Å². The van der Waals surface area contributed by atoms with Gasteiger partial charge >= 0.3 is 7.60 Å². The van der Waals surface area contributed by atoms with Crippen LogP contribution in [0.5, 0.6) is 11.5 Å². The lowest BCUT2D eigenvalue weighted by atomic mass is 9.90. The van der Waals surface area contributed by atoms with E-state index in [1.807, 2.05) is 72.8 Å². The molecule has 0 amide bonds. The van der Waals surface area contributed by atoms with Gasteiger partial charge in [-0.2, -0.15) is 0 Å². The summed E-state index contributed by atoms with van der Waals surface area (Å²) < 4.78 is 26.4. The van der Waals surface area contributed by atoms with Crippen molar-refractivity contribution >= 4 is 34.7 Å². The van der Waals surface area contributed by atoms with Gasteiger partial charge in [0.1, 0.15) is 11.5 Å². The average Bonchev–Trinajstić information content (AvgIpc) is 2.84. The normalized spacial score (nSPS) is 15.0. The molecule has 0 N–H and O–H groups in total. The molecule has 4 nitrogen and oxygen atoms in total. The second-order valence-electron chi connectivity index (χ2n) is 8.31. The highest BCUT2D eigenvalue weighted by atomic mass is 31.2. The summed E-state index contributed by atoms with van der Waals surface area (Å²) in [6.07, 6.45) is 4.46. The maximum atomic E-state index is 14.2. The Morgan fingerprint density at radius 1 is 0.656 bits per heavy atom. The van der Waals surface area contributed by atoms with Gasteiger partial charge in [0.05, 0.1) is 0 Å². The van der Waals surface area contributed by atoms with Crippen LogP contribution in [0.15, 0.2) is 84.9 Å². The van der Waals surface area contributed by atoms with E-state index in [1.54, 1.807) is 12.1 Å². The number of fused-ring (bicyclic) bond motifs is 2. The summed E-state index contributed by atoms with van der Waals surface area (Å²) in [4.78, 5) is 13.6. The number of hydrogen-bond donors (Lipinski definition) is 0. The monoisotopic (exact) mass is 444 g/mol. The molecule has 4 aromatic carbocycles. The lowest BCUT2D eigenvalue weighted by molar-refractivity contribution is -0.117. The Hall–Kier alpha value is -3.10. The fraction of sp³-hybridized carbons (Fsp3) is 0.222. The van der Waals surface area contributed by atoms with E-state index < -0.39 is 13.1 Å². The van der Waals surface area contributed by atoms with Crippen molar-refractivity contribution in [3.63, 3.8) is 0 Å². The predicted octanol–water partition coefficient (Wildman–Crippen LogP) is 7.75. The first-order valence-electron chi connectivity index (χ1n) is 11.1. The van der Waals surface area contributed by atoms with E-state index in [0.29, 0.717) is 11.5 Å². The van der Waals surface area contributed by atoms with E-state index in [9.17, 15) is 9.36 Å². The summed E-state index contributed by atoms with van der Waals surface area (Å²) in [7, 11) is -4.17. The first-order chi connectivity index (χ1) is 15.6. The third-order valence-electron chi connectivity index (χ3n) is 6.16. The number of carbonyl (C=O) groups is 1. The number of benzene rings is 4. The van der Waals surface area contributed by atoms with Gasteiger partial charge in [-0.3, -0.25) is 4.79 Å². The Morgan fingerprint density at radius 3 is 1.66 bits per heavy atom. The molecule has 5 rings (SSSR count). The van der Waals surface area contributed by atoms with Crippen molar-refractivity contribution in [3.8, 4) is 11.5 Å². The van der Waals surface area contributed by atoms with Crippen LogP contribution in [0.4, 0.5) is 0 Å². The topological polar surface area (TPSA) is 52.6 Å². The van der Waals surface area contributed by atoms with Gasteiger partial charge in [-0.1, -0.05) is 92.1 Å². The molecule has 1 saturated carbocycles. The zero-order chi connectivity index (χ0) is 22.0. The lowest BCUT2D eigenvalue weighted by Crippen LogP contribution is -2.22.